The highest BCUT2D eigenvalue weighted by molar-refractivity contribution is 5.84. The molecule has 1 amide bonds. The minimum atomic E-state index is -0.561. The van der Waals surface area contributed by atoms with Gasteiger partial charge in [0.1, 0.15) is 0 Å². The van der Waals surface area contributed by atoms with Crippen LogP contribution in [0.15, 0.2) is 53.6 Å². The Kier molecular flexibility index (Phi) is 5.29. The summed E-state index contributed by atoms with van der Waals surface area (Å²) in [5.41, 5.74) is 2.71. The van der Waals surface area contributed by atoms with E-state index in [0.717, 1.165) is 0 Å². The van der Waals surface area contributed by atoms with Crippen LogP contribution in [0.3, 0.4) is 0 Å². The highest BCUT2D eigenvalue weighted by Gasteiger charge is 2.15. The minimum absolute atomic E-state index is 0.0924. The van der Waals surface area contributed by atoms with Crippen molar-refractivity contribution in [1.29, 1.82) is 0 Å². The van der Waals surface area contributed by atoms with Crippen LogP contribution in [0.2, 0.25) is 0 Å². The molecule has 2 aromatic carbocycles. The summed E-state index contributed by atoms with van der Waals surface area (Å²) in [6, 6.07) is 11.6. The molecule has 2 rings (SSSR count). The number of carbonyl (C=O) groups is 1. The van der Waals surface area contributed by atoms with Gasteiger partial charge in [0.05, 0.1) is 22.5 Å². The Hall–Kier alpha value is -3.62. The van der Waals surface area contributed by atoms with Crippen molar-refractivity contribution in [3.05, 3.63) is 79.9 Å². The van der Waals surface area contributed by atoms with Gasteiger partial charge in [-0.2, -0.15) is 5.10 Å². The van der Waals surface area contributed by atoms with Gasteiger partial charge in [-0.15, -0.1) is 0 Å². The van der Waals surface area contributed by atoms with Crippen LogP contribution in [-0.4, -0.2) is 22.0 Å². The molecule has 122 valence electrons. The van der Waals surface area contributed by atoms with Crippen LogP contribution >= 0.6 is 0 Å². The van der Waals surface area contributed by atoms with E-state index in [4.69, 9.17) is 0 Å². The Balaban J connectivity index is 2.00. The van der Waals surface area contributed by atoms with Gasteiger partial charge in [0.2, 0.25) is 5.91 Å². The van der Waals surface area contributed by atoms with Crippen molar-refractivity contribution in [2.45, 2.75) is 6.42 Å². The molecule has 1 N–H and O–H groups in total. The maximum Gasteiger partial charge on any atom is 0.273 e. The van der Waals surface area contributed by atoms with Gasteiger partial charge in [0.25, 0.3) is 11.4 Å². The molecule has 0 aliphatic heterocycles. The number of para-hydroxylation sites is 1. The lowest BCUT2D eigenvalue weighted by atomic mass is 10.1. The third-order valence-corrected chi connectivity index (χ3v) is 3.02. The average molecular weight is 328 g/mol. The van der Waals surface area contributed by atoms with E-state index in [1.54, 1.807) is 12.1 Å². The summed E-state index contributed by atoms with van der Waals surface area (Å²) in [5.74, 6) is -0.536. The summed E-state index contributed by atoms with van der Waals surface area (Å²) < 4.78 is 0. The van der Waals surface area contributed by atoms with Crippen molar-refractivity contribution in [3.63, 3.8) is 0 Å². The third kappa shape index (κ3) is 4.44. The second-order valence-corrected chi connectivity index (χ2v) is 4.71. The van der Waals surface area contributed by atoms with Gasteiger partial charge in [0, 0.05) is 29.3 Å². The first-order valence-corrected chi connectivity index (χ1v) is 6.76. The molecule has 24 heavy (non-hydrogen) atoms. The molecule has 0 unspecified atom stereocenters. The molecule has 0 bridgehead atoms. The quantitative estimate of drug-likeness (QED) is 0.494. The first kappa shape index (κ1) is 16.7. The van der Waals surface area contributed by atoms with E-state index < -0.39 is 15.8 Å². The second-order valence-electron chi connectivity index (χ2n) is 4.71. The zero-order chi connectivity index (χ0) is 17.5. The van der Waals surface area contributed by atoms with Gasteiger partial charge in [-0.1, -0.05) is 30.3 Å². The van der Waals surface area contributed by atoms with Crippen molar-refractivity contribution >= 4 is 23.5 Å². The van der Waals surface area contributed by atoms with Crippen molar-refractivity contribution in [2.75, 3.05) is 0 Å². The number of hydrazone groups is 1. The van der Waals surface area contributed by atoms with Crippen molar-refractivity contribution in [3.8, 4) is 0 Å². The first-order chi connectivity index (χ1) is 11.5. The van der Waals surface area contributed by atoms with Crippen LogP contribution in [0.4, 0.5) is 11.4 Å². The molecule has 9 nitrogen and oxygen atoms in total. The van der Waals surface area contributed by atoms with Gasteiger partial charge < -0.3 is 0 Å². The van der Waals surface area contributed by atoms with Crippen LogP contribution in [0.5, 0.6) is 0 Å². The predicted molar refractivity (Wildman–Crippen MR) is 85.6 cm³/mol. The molecule has 0 aromatic heterocycles. The van der Waals surface area contributed by atoms with E-state index in [9.17, 15) is 25.0 Å². The fourth-order valence-electron chi connectivity index (χ4n) is 1.95. The average Bonchev–Trinajstić information content (AvgIpc) is 2.55. The summed E-state index contributed by atoms with van der Waals surface area (Å²) in [6.07, 6.45) is 1.05. The molecule has 0 radical (unpaired) electrons. The molecular formula is C15H12N4O5. The summed E-state index contributed by atoms with van der Waals surface area (Å²) in [6.45, 7) is 0. The van der Waals surface area contributed by atoms with Crippen LogP contribution < -0.4 is 5.43 Å². The SMILES string of the molecule is O=C(Cc1ccccc1[N+](=O)[O-])N/N=C/c1cccc([N+](=O)[O-])c1. The van der Waals surface area contributed by atoms with Crippen LogP contribution in [-0.2, 0) is 11.2 Å². The Morgan fingerprint density at radius 3 is 2.54 bits per heavy atom. The van der Waals surface area contributed by atoms with Crippen molar-refractivity contribution < 1.29 is 14.6 Å². The van der Waals surface area contributed by atoms with E-state index in [1.165, 1.54) is 42.6 Å². The van der Waals surface area contributed by atoms with E-state index in [-0.39, 0.29) is 23.4 Å². The number of nitro benzene ring substituents is 2. The minimum Gasteiger partial charge on any atom is -0.273 e. The molecule has 0 saturated carbocycles. The highest BCUT2D eigenvalue weighted by Crippen LogP contribution is 2.18. The normalized spacial score (nSPS) is 10.5. The molecular weight excluding hydrogens is 316 g/mol. The Morgan fingerprint density at radius 2 is 1.83 bits per heavy atom. The number of rotatable bonds is 6. The number of benzene rings is 2. The van der Waals surface area contributed by atoms with E-state index in [0.29, 0.717) is 5.56 Å². The summed E-state index contributed by atoms with van der Waals surface area (Å²) in [5, 5.41) is 25.2. The standard InChI is InChI=1S/C15H12N4O5/c20-15(9-12-5-1-2-7-14(12)19(23)24)17-16-10-11-4-3-6-13(8-11)18(21)22/h1-8,10H,9H2,(H,17,20)/b16-10+. The van der Waals surface area contributed by atoms with Crippen LogP contribution in [0.1, 0.15) is 11.1 Å². The maximum atomic E-state index is 11.8. The van der Waals surface area contributed by atoms with E-state index in [1.807, 2.05) is 0 Å². The number of nitrogens with zero attached hydrogens (tertiary/aromatic N) is 3. The second kappa shape index (κ2) is 7.58. The van der Waals surface area contributed by atoms with E-state index in [2.05, 4.69) is 10.5 Å². The smallest absolute Gasteiger partial charge is 0.273 e. The molecule has 2 aromatic rings. The fourth-order valence-corrected chi connectivity index (χ4v) is 1.95. The number of hydrogen-bond donors (Lipinski definition) is 1. The highest BCUT2D eigenvalue weighted by atomic mass is 16.6. The largest absolute Gasteiger partial charge is 0.273 e. The first-order valence-electron chi connectivity index (χ1n) is 6.76. The molecule has 0 saturated heterocycles. The van der Waals surface area contributed by atoms with Gasteiger partial charge in [0.15, 0.2) is 0 Å². The number of nitro groups is 2. The van der Waals surface area contributed by atoms with Gasteiger partial charge in [-0.25, -0.2) is 5.43 Å². The van der Waals surface area contributed by atoms with Crippen molar-refractivity contribution in [1.82, 2.24) is 5.43 Å². The monoisotopic (exact) mass is 328 g/mol. The Morgan fingerprint density at radius 1 is 1.08 bits per heavy atom. The Bertz CT molecular complexity index is 819. The zero-order valence-corrected chi connectivity index (χ0v) is 12.3. The number of nitrogens with one attached hydrogen (secondary N) is 1. The summed E-state index contributed by atoms with van der Waals surface area (Å²) in [4.78, 5) is 32.2. The van der Waals surface area contributed by atoms with Gasteiger partial charge in [-0.05, 0) is 0 Å². The number of amides is 1. The fraction of sp³-hybridized carbons (Fsp3) is 0.0667. The van der Waals surface area contributed by atoms with Crippen LogP contribution in [0, 0.1) is 20.2 Å². The lowest BCUT2D eigenvalue weighted by Crippen LogP contribution is -2.20. The van der Waals surface area contributed by atoms with Crippen molar-refractivity contribution in [2.24, 2.45) is 5.10 Å². The third-order valence-electron chi connectivity index (χ3n) is 3.02. The van der Waals surface area contributed by atoms with Crippen LogP contribution in [0.25, 0.3) is 0 Å². The lowest BCUT2D eigenvalue weighted by Gasteiger charge is -2.01. The predicted octanol–water partition coefficient (Wildman–Crippen LogP) is 2.20. The summed E-state index contributed by atoms with van der Waals surface area (Å²) >= 11 is 0. The van der Waals surface area contributed by atoms with Gasteiger partial charge in [-0.3, -0.25) is 25.0 Å². The molecule has 0 aliphatic rings. The molecule has 0 spiro atoms. The van der Waals surface area contributed by atoms with E-state index >= 15 is 0 Å². The number of non-ortho nitro benzene ring substituents is 1. The number of carbonyl (C=O) groups excluding carboxylic acids is 1. The lowest BCUT2D eigenvalue weighted by molar-refractivity contribution is -0.385. The molecule has 0 atom stereocenters. The molecule has 9 heteroatoms. The number of hydrogen-bond acceptors (Lipinski definition) is 6. The molecule has 0 heterocycles. The zero-order valence-electron chi connectivity index (χ0n) is 12.3. The summed E-state index contributed by atoms with van der Waals surface area (Å²) in [7, 11) is 0. The van der Waals surface area contributed by atoms with Gasteiger partial charge >= 0.3 is 0 Å². The topological polar surface area (TPSA) is 128 Å². The molecule has 0 fully saturated rings. The Labute approximate surface area is 135 Å². The molecule has 0 aliphatic carbocycles. The maximum absolute atomic E-state index is 11.8.